The molecule has 3 aromatic rings. The number of hydrogen-bond donors (Lipinski definition) is 0. The molecule has 1 saturated heterocycles. The molecule has 0 spiro atoms. The van der Waals surface area contributed by atoms with Crippen molar-refractivity contribution in [3.05, 3.63) is 65.6 Å². The second kappa shape index (κ2) is 7.54. The van der Waals surface area contributed by atoms with Gasteiger partial charge in [0.1, 0.15) is 11.9 Å². The van der Waals surface area contributed by atoms with E-state index in [2.05, 4.69) is 26.9 Å². The molecule has 0 unspecified atom stereocenters. The van der Waals surface area contributed by atoms with E-state index in [4.69, 9.17) is 4.74 Å². The number of benzene rings is 1. The average molecular weight is 367 g/mol. The minimum atomic E-state index is -0.304. The standard InChI is InChI=1S/C20H22FN5O/c1-14-15(9-23-25(14)2)12-26-7-8-27-20(13-26)19-11-22-10-18(24-19)16-5-3-4-6-17(16)21/h3-6,9-11,20H,7-8,12-13H2,1-2H3/t20-/m0/s1. The summed E-state index contributed by atoms with van der Waals surface area (Å²) in [6.07, 6.45) is 5.02. The lowest BCUT2D eigenvalue weighted by molar-refractivity contribution is -0.0351. The summed E-state index contributed by atoms with van der Waals surface area (Å²) < 4.78 is 21.9. The maximum atomic E-state index is 14.1. The highest BCUT2D eigenvalue weighted by Gasteiger charge is 2.24. The normalized spacial score (nSPS) is 18.0. The first-order valence-electron chi connectivity index (χ1n) is 9.00. The molecule has 140 valence electrons. The molecule has 2 aromatic heterocycles. The lowest BCUT2D eigenvalue weighted by Gasteiger charge is -2.32. The molecular formula is C20H22FN5O. The summed E-state index contributed by atoms with van der Waals surface area (Å²) in [7, 11) is 1.95. The zero-order valence-electron chi connectivity index (χ0n) is 15.5. The Labute approximate surface area is 157 Å². The zero-order valence-corrected chi connectivity index (χ0v) is 15.5. The van der Waals surface area contributed by atoms with Crippen LogP contribution in [0.15, 0.2) is 42.9 Å². The molecule has 0 N–H and O–H groups in total. The number of ether oxygens (including phenoxy) is 1. The predicted octanol–water partition coefficient (Wildman–Crippen LogP) is 2.90. The van der Waals surface area contributed by atoms with Crippen LogP contribution < -0.4 is 0 Å². The van der Waals surface area contributed by atoms with Gasteiger partial charge in [0.15, 0.2) is 0 Å². The van der Waals surface area contributed by atoms with Gasteiger partial charge in [-0.15, -0.1) is 0 Å². The molecule has 27 heavy (non-hydrogen) atoms. The summed E-state index contributed by atoms with van der Waals surface area (Å²) in [5.74, 6) is -0.304. The molecule has 3 heterocycles. The van der Waals surface area contributed by atoms with Crippen LogP contribution in [0.25, 0.3) is 11.3 Å². The fourth-order valence-corrected chi connectivity index (χ4v) is 3.30. The van der Waals surface area contributed by atoms with Crippen molar-refractivity contribution >= 4 is 0 Å². The highest BCUT2D eigenvalue weighted by Crippen LogP contribution is 2.25. The summed E-state index contributed by atoms with van der Waals surface area (Å²) in [5, 5.41) is 4.31. The highest BCUT2D eigenvalue weighted by atomic mass is 19.1. The lowest BCUT2D eigenvalue weighted by Crippen LogP contribution is -2.38. The largest absolute Gasteiger partial charge is 0.369 e. The third-order valence-corrected chi connectivity index (χ3v) is 5.01. The Kier molecular flexibility index (Phi) is 4.96. The quantitative estimate of drug-likeness (QED) is 0.710. The van der Waals surface area contributed by atoms with Gasteiger partial charge in [-0.2, -0.15) is 5.10 Å². The first-order valence-corrected chi connectivity index (χ1v) is 9.00. The first kappa shape index (κ1) is 17.8. The highest BCUT2D eigenvalue weighted by molar-refractivity contribution is 5.58. The van der Waals surface area contributed by atoms with Gasteiger partial charge < -0.3 is 4.74 Å². The third-order valence-electron chi connectivity index (χ3n) is 5.01. The smallest absolute Gasteiger partial charge is 0.132 e. The monoisotopic (exact) mass is 367 g/mol. The van der Waals surface area contributed by atoms with Crippen LogP contribution in [0.1, 0.15) is 23.1 Å². The van der Waals surface area contributed by atoms with Crippen LogP contribution in [0.2, 0.25) is 0 Å². The van der Waals surface area contributed by atoms with E-state index in [0.717, 1.165) is 18.8 Å². The van der Waals surface area contributed by atoms with Gasteiger partial charge in [0.05, 0.1) is 36.6 Å². The summed E-state index contributed by atoms with van der Waals surface area (Å²) in [6.45, 7) is 5.08. The van der Waals surface area contributed by atoms with Crippen LogP contribution >= 0.6 is 0 Å². The number of aryl methyl sites for hydroxylation is 1. The minimum absolute atomic E-state index is 0.185. The fourth-order valence-electron chi connectivity index (χ4n) is 3.30. The third kappa shape index (κ3) is 3.74. The van der Waals surface area contributed by atoms with Gasteiger partial charge in [0.2, 0.25) is 0 Å². The maximum Gasteiger partial charge on any atom is 0.132 e. The Hall–Kier alpha value is -2.64. The molecule has 1 fully saturated rings. The number of morpholine rings is 1. The number of rotatable bonds is 4. The van der Waals surface area contributed by atoms with E-state index < -0.39 is 0 Å². The lowest BCUT2D eigenvalue weighted by atomic mass is 10.1. The van der Waals surface area contributed by atoms with Gasteiger partial charge in [0.25, 0.3) is 0 Å². The Morgan fingerprint density at radius 1 is 1.22 bits per heavy atom. The van der Waals surface area contributed by atoms with Gasteiger partial charge >= 0.3 is 0 Å². The van der Waals surface area contributed by atoms with Crippen molar-refractivity contribution in [1.82, 2.24) is 24.6 Å². The molecule has 1 aliphatic heterocycles. The summed E-state index contributed by atoms with van der Waals surface area (Å²) >= 11 is 0. The molecule has 0 amide bonds. The van der Waals surface area contributed by atoms with Gasteiger partial charge in [-0.05, 0) is 19.1 Å². The molecular weight excluding hydrogens is 345 g/mol. The molecule has 0 aliphatic carbocycles. The first-order chi connectivity index (χ1) is 13.1. The summed E-state index contributed by atoms with van der Waals surface area (Å²) in [5.41, 5.74) is 4.08. The van der Waals surface area contributed by atoms with E-state index in [1.807, 2.05) is 17.9 Å². The van der Waals surface area contributed by atoms with Crippen LogP contribution in [-0.4, -0.2) is 44.3 Å². The van der Waals surface area contributed by atoms with Crippen molar-refractivity contribution in [2.75, 3.05) is 19.7 Å². The van der Waals surface area contributed by atoms with Crippen molar-refractivity contribution in [2.24, 2.45) is 7.05 Å². The van der Waals surface area contributed by atoms with Crippen molar-refractivity contribution in [1.29, 1.82) is 0 Å². The molecule has 0 saturated carbocycles. The molecule has 4 rings (SSSR count). The van der Waals surface area contributed by atoms with Gasteiger partial charge in [-0.1, -0.05) is 12.1 Å². The fraction of sp³-hybridized carbons (Fsp3) is 0.350. The summed E-state index contributed by atoms with van der Waals surface area (Å²) in [4.78, 5) is 11.2. The summed E-state index contributed by atoms with van der Waals surface area (Å²) in [6, 6.07) is 6.60. The molecule has 6 nitrogen and oxygen atoms in total. The maximum absolute atomic E-state index is 14.1. The zero-order chi connectivity index (χ0) is 18.8. The second-order valence-corrected chi connectivity index (χ2v) is 6.78. The average Bonchev–Trinajstić information content (AvgIpc) is 3.01. The van der Waals surface area contributed by atoms with Crippen molar-refractivity contribution in [3.8, 4) is 11.3 Å². The van der Waals surface area contributed by atoms with Crippen LogP contribution in [0.4, 0.5) is 4.39 Å². The Balaban J connectivity index is 1.52. The molecule has 0 bridgehead atoms. The van der Waals surface area contributed by atoms with Crippen molar-refractivity contribution in [3.63, 3.8) is 0 Å². The Morgan fingerprint density at radius 2 is 2.07 bits per heavy atom. The molecule has 1 atom stereocenters. The van der Waals surface area contributed by atoms with Gasteiger partial charge in [0, 0.05) is 43.5 Å². The molecule has 1 aliphatic rings. The Morgan fingerprint density at radius 3 is 2.85 bits per heavy atom. The van der Waals surface area contributed by atoms with Crippen LogP contribution in [0.5, 0.6) is 0 Å². The van der Waals surface area contributed by atoms with Crippen LogP contribution in [0.3, 0.4) is 0 Å². The Bertz CT molecular complexity index is 942. The van der Waals surface area contributed by atoms with Crippen LogP contribution in [0, 0.1) is 12.7 Å². The van der Waals surface area contributed by atoms with E-state index in [1.54, 1.807) is 30.6 Å². The SMILES string of the molecule is Cc1c(CN2CCO[C@H](c3cncc(-c4ccccc4F)n3)C2)cnn1C. The number of hydrogen-bond acceptors (Lipinski definition) is 5. The number of halogens is 1. The van der Waals surface area contributed by atoms with Crippen molar-refractivity contribution < 1.29 is 9.13 Å². The van der Waals surface area contributed by atoms with Gasteiger partial charge in [-0.3, -0.25) is 14.6 Å². The molecule has 7 heteroatoms. The van der Waals surface area contributed by atoms with Crippen LogP contribution in [-0.2, 0) is 18.3 Å². The predicted molar refractivity (Wildman–Crippen MR) is 99.3 cm³/mol. The number of nitrogens with zero attached hydrogens (tertiary/aromatic N) is 5. The molecule has 1 aromatic carbocycles. The van der Waals surface area contributed by atoms with Crippen molar-refractivity contribution in [2.45, 2.75) is 19.6 Å². The van der Waals surface area contributed by atoms with E-state index in [0.29, 0.717) is 24.4 Å². The van der Waals surface area contributed by atoms with E-state index in [9.17, 15) is 4.39 Å². The van der Waals surface area contributed by atoms with E-state index in [-0.39, 0.29) is 11.9 Å². The minimum Gasteiger partial charge on any atom is -0.369 e. The van der Waals surface area contributed by atoms with Gasteiger partial charge in [-0.25, -0.2) is 9.37 Å². The second-order valence-electron chi connectivity index (χ2n) is 6.78. The van der Waals surface area contributed by atoms with E-state index in [1.165, 1.54) is 17.3 Å². The van der Waals surface area contributed by atoms with E-state index >= 15 is 0 Å². The topological polar surface area (TPSA) is 56.1 Å². The number of aromatic nitrogens is 4. The molecule has 0 radical (unpaired) electrons.